The number of rotatable bonds is 4. The predicted molar refractivity (Wildman–Crippen MR) is 56.4 cm³/mol. The topological polar surface area (TPSA) is 23.5 Å². The molecule has 3 heteroatoms. The van der Waals surface area contributed by atoms with Crippen LogP contribution in [0.4, 0.5) is 0 Å². The van der Waals surface area contributed by atoms with Crippen molar-refractivity contribution in [2.45, 2.75) is 11.9 Å². The van der Waals surface area contributed by atoms with Gasteiger partial charge in [0.1, 0.15) is 0 Å². The highest BCUT2D eigenvalue weighted by atomic mass is 32.2. The summed E-state index contributed by atoms with van der Waals surface area (Å²) in [5.41, 5.74) is -0.155. The Hall–Kier alpha value is -0.250. The summed E-state index contributed by atoms with van der Waals surface area (Å²) in [6, 6.07) is 0. The van der Waals surface area contributed by atoms with Gasteiger partial charge in [-0.05, 0) is 31.3 Å². The molecule has 1 N–H and O–H groups in total. The Morgan fingerprint density at radius 1 is 1.33 bits per heavy atom. The lowest BCUT2D eigenvalue weighted by Crippen LogP contribution is -2.18. The third-order valence-electron chi connectivity index (χ3n) is 1.81. The van der Waals surface area contributed by atoms with Crippen molar-refractivity contribution in [2.24, 2.45) is 0 Å². The van der Waals surface area contributed by atoms with Crippen molar-refractivity contribution in [1.29, 1.82) is 0 Å². The second-order valence-corrected chi connectivity index (χ2v) is 5.29. The van der Waals surface area contributed by atoms with Gasteiger partial charge in [0.2, 0.25) is 0 Å². The molecule has 0 spiro atoms. The van der Waals surface area contributed by atoms with Gasteiger partial charge in [-0.15, -0.1) is 0 Å². The van der Waals surface area contributed by atoms with Crippen molar-refractivity contribution in [3.8, 4) is 0 Å². The molecule has 12 heavy (non-hydrogen) atoms. The van der Waals surface area contributed by atoms with Gasteiger partial charge < -0.3 is 10.0 Å². The Kier molecular flexibility index (Phi) is 3.85. The first-order valence-corrected chi connectivity index (χ1v) is 5.70. The Balaban J connectivity index is 2.23. The quantitative estimate of drug-likeness (QED) is 0.648. The van der Waals surface area contributed by atoms with Gasteiger partial charge in [0.05, 0.1) is 5.44 Å². The Labute approximate surface area is 76.9 Å². The predicted octanol–water partition coefficient (Wildman–Crippen LogP) is 1.30. The van der Waals surface area contributed by atoms with Crippen LogP contribution in [0.25, 0.3) is 0 Å². The van der Waals surface area contributed by atoms with Gasteiger partial charge in [0.25, 0.3) is 0 Å². The molecule has 2 nitrogen and oxygen atoms in total. The van der Waals surface area contributed by atoms with Crippen molar-refractivity contribution in [3.05, 3.63) is 23.0 Å². The maximum Gasteiger partial charge on any atom is 0.0895 e. The summed E-state index contributed by atoms with van der Waals surface area (Å²) < 4.78 is 0. The van der Waals surface area contributed by atoms with E-state index in [0.717, 1.165) is 13.0 Å². The molecule has 0 aromatic heterocycles. The minimum Gasteiger partial charge on any atom is -0.384 e. The lowest BCUT2D eigenvalue weighted by molar-refractivity contribution is 0.231. The molecule has 0 fully saturated rings. The van der Waals surface area contributed by atoms with Gasteiger partial charge in [0, 0.05) is 6.54 Å². The summed E-state index contributed by atoms with van der Waals surface area (Å²) in [6.45, 7) is 0.960. The van der Waals surface area contributed by atoms with E-state index < -0.39 is 0 Å². The standard InChI is InChI=1S/C9H17NOS/c1-10(2)6-5-9(11)12-7-3-4-8-12/h3-4,7-9,11-12H,5-6H2,1-2H3. The fourth-order valence-corrected chi connectivity index (χ4v) is 2.58. The zero-order valence-electron chi connectivity index (χ0n) is 7.64. The van der Waals surface area contributed by atoms with Gasteiger partial charge in [-0.1, -0.05) is 12.2 Å². The SMILES string of the molecule is CN(C)CCC(O)[SH]1C=CC=C1. The fraction of sp³-hybridized carbons (Fsp3) is 0.556. The molecule has 1 aliphatic heterocycles. The highest BCUT2D eigenvalue weighted by Gasteiger charge is 2.11. The molecule has 0 bridgehead atoms. The molecule has 0 aromatic rings. The van der Waals surface area contributed by atoms with Gasteiger partial charge in [0.15, 0.2) is 0 Å². The molecule has 70 valence electrons. The Morgan fingerprint density at radius 2 is 1.92 bits per heavy atom. The fourth-order valence-electron chi connectivity index (χ4n) is 1.07. The molecule has 1 atom stereocenters. The van der Waals surface area contributed by atoms with Crippen LogP contribution in [-0.4, -0.2) is 36.1 Å². The summed E-state index contributed by atoms with van der Waals surface area (Å²) in [4.78, 5) is 2.10. The van der Waals surface area contributed by atoms with Crippen LogP contribution in [0, 0.1) is 0 Å². The third-order valence-corrected chi connectivity index (χ3v) is 3.79. The number of hydrogen-bond acceptors (Lipinski definition) is 2. The van der Waals surface area contributed by atoms with E-state index in [4.69, 9.17) is 0 Å². The average molecular weight is 187 g/mol. The maximum atomic E-state index is 9.70. The first kappa shape index (κ1) is 9.84. The van der Waals surface area contributed by atoms with Crippen LogP contribution >= 0.6 is 10.9 Å². The number of hydrogen-bond donors (Lipinski definition) is 2. The van der Waals surface area contributed by atoms with Crippen LogP contribution in [0.1, 0.15) is 6.42 Å². The Morgan fingerprint density at radius 3 is 2.42 bits per heavy atom. The maximum absolute atomic E-state index is 9.70. The minimum absolute atomic E-state index is 0.155. The summed E-state index contributed by atoms with van der Waals surface area (Å²) in [5.74, 6) is 0. The minimum atomic E-state index is -0.369. The van der Waals surface area contributed by atoms with Crippen molar-refractivity contribution < 1.29 is 5.11 Å². The molecule has 1 rings (SSSR count). The second-order valence-electron chi connectivity index (χ2n) is 3.20. The normalized spacial score (nSPS) is 20.8. The van der Waals surface area contributed by atoms with Crippen LogP contribution in [-0.2, 0) is 0 Å². The number of aliphatic hydroxyl groups excluding tert-OH is 1. The number of thiol groups is 1. The van der Waals surface area contributed by atoms with Crippen molar-refractivity contribution in [1.82, 2.24) is 4.90 Å². The third kappa shape index (κ3) is 3.01. The van der Waals surface area contributed by atoms with E-state index in [0.29, 0.717) is 0 Å². The van der Waals surface area contributed by atoms with Gasteiger partial charge in [-0.3, -0.25) is 0 Å². The molecule has 0 aromatic carbocycles. The monoisotopic (exact) mass is 187 g/mol. The first-order valence-electron chi connectivity index (χ1n) is 4.15. The summed E-state index contributed by atoms with van der Waals surface area (Å²) in [5, 5.41) is 13.9. The molecule has 0 saturated carbocycles. The highest BCUT2D eigenvalue weighted by Crippen LogP contribution is 2.38. The molecular formula is C9H17NOS. The van der Waals surface area contributed by atoms with Crippen molar-refractivity contribution in [2.75, 3.05) is 20.6 Å². The molecule has 0 amide bonds. The van der Waals surface area contributed by atoms with Crippen LogP contribution in [0.3, 0.4) is 0 Å². The highest BCUT2D eigenvalue weighted by molar-refractivity contribution is 8.22. The van der Waals surface area contributed by atoms with E-state index in [2.05, 4.69) is 15.7 Å². The van der Waals surface area contributed by atoms with E-state index in [1.54, 1.807) is 0 Å². The van der Waals surface area contributed by atoms with Crippen LogP contribution in [0.5, 0.6) is 0 Å². The van der Waals surface area contributed by atoms with Crippen LogP contribution in [0.2, 0.25) is 0 Å². The van der Waals surface area contributed by atoms with Gasteiger partial charge in [-0.25, -0.2) is 0 Å². The molecule has 0 radical (unpaired) electrons. The second kappa shape index (κ2) is 4.70. The number of allylic oxidation sites excluding steroid dienone is 2. The number of nitrogens with zero attached hydrogens (tertiary/aromatic N) is 1. The van der Waals surface area contributed by atoms with E-state index in [9.17, 15) is 5.11 Å². The lowest BCUT2D eigenvalue weighted by atomic mass is 10.4. The van der Waals surface area contributed by atoms with Crippen molar-refractivity contribution in [3.63, 3.8) is 0 Å². The molecule has 1 unspecified atom stereocenters. The van der Waals surface area contributed by atoms with E-state index >= 15 is 0 Å². The van der Waals surface area contributed by atoms with Gasteiger partial charge in [-0.2, -0.15) is 10.9 Å². The van der Waals surface area contributed by atoms with E-state index in [1.807, 2.05) is 26.2 Å². The van der Waals surface area contributed by atoms with Gasteiger partial charge >= 0.3 is 0 Å². The molecular weight excluding hydrogens is 170 g/mol. The zero-order valence-corrected chi connectivity index (χ0v) is 8.54. The molecule has 1 aliphatic rings. The van der Waals surface area contributed by atoms with Crippen LogP contribution < -0.4 is 0 Å². The molecule has 1 heterocycles. The molecule has 0 saturated heterocycles. The average Bonchev–Trinajstić information content (AvgIpc) is 2.51. The zero-order chi connectivity index (χ0) is 8.97. The van der Waals surface area contributed by atoms with E-state index in [-0.39, 0.29) is 16.3 Å². The van der Waals surface area contributed by atoms with Crippen molar-refractivity contribution >= 4 is 10.9 Å². The smallest absolute Gasteiger partial charge is 0.0895 e. The Bertz CT molecular complexity index is 177. The summed E-state index contributed by atoms with van der Waals surface area (Å²) >= 11 is 0. The summed E-state index contributed by atoms with van der Waals surface area (Å²) in [7, 11) is 3.69. The lowest BCUT2D eigenvalue weighted by Gasteiger charge is -2.20. The summed E-state index contributed by atoms with van der Waals surface area (Å²) in [6.07, 6.45) is 4.91. The van der Waals surface area contributed by atoms with Crippen LogP contribution in [0.15, 0.2) is 23.0 Å². The number of aliphatic hydroxyl groups is 1. The largest absolute Gasteiger partial charge is 0.384 e. The molecule has 0 aliphatic carbocycles. The first-order chi connectivity index (χ1) is 5.70. The van der Waals surface area contributed by atoms with E-state index in [1.165, 1.54) is 0 Å².